The van der Waals surface area contributed by atoms with Gasteiger partial charge in [-0.1, -0.05) is 36.4 Å². The first-order valence-corrected chi connectivity index (χ1v) is 11.7. The number of carbonyl (C=O) groups is 3. The van der Waals surface area contributed by atoms with Gasteiger partial charge >= 0.3 is 6.09 Å². The Bertz CT molecular complexity index is 895. The largest absolute Gasteiger partial charge is 0.465 e. The second kappa shape index (κ2) is 9.25. The number of hydrogen-bond acceptors (Lipinski definition) is 4. The molecule has 0 spiro atoms. The van der Waals surface area contributed by atoms with E-state index in [0.717, 1.165) is 50.0 Å². The van der Waals surface area contributed by atoms with Crippen LogP contribution in [0.3, 0.4) is 0 Å². The number of carbonyl (C=O) groups excluding carboxylic acids is 2. The molecule has 1 aromatic carbocycles. The van der Waals surface area contributed by atoms with Gasteiger partial charge in [-0.15, -0.1) is 0 Å². The molecule has 6 nitrogen and oxygen atoms in total. The molecule has 3 aliphatic heterocycles. The number of unbranched alkanes of at least 4 members (excludes halogenated alkanes) is 2. The lowest BCUT2D eigenvalue weighted by atomic mass is 9.94. The number of carboxylic acid groups (broad SMARTS) is 1. The molecule has 0 bridgehead atoms. The minimum absolute atomic E-state index is 0.145. The van der Waals surface area contributed by atoms with E-state index in [4.69, 9.17) is 0 Å². The number of benzene rings is 1. The van der Waals surface area contributed by atoms with Gasteiger partial charge in [-0.2, -0.15) is 0 Å². The number of anilines is 1. The number of thioether (sulfide) groups is 1. The molecule has 0 aromatic heterocycles. The number of allylic oxidation sites excluding steroid dienone is 1. The van der Waals surface area contributed by atoms with Gasteiger partial charge in [0.05, 0.1) is 5.69 Å². The zero-order valence-electron chi connectivity index (χ0n) is 17.2. The van der Waals surface area contributed by atoms with Crippen molar-refractivity contribution in [2.45, 2.75) is 57.8 Å². The van der Waals surface area contributed by atoms with Crippen molar-refractivity contribution in [1.82, 2.24) is 4.90 Å². The molecule has 2 amide bonds. The summed E-state index contributed by atoms with van der Waals surface area (Å²) < 4.78 is 0. The number of hydrogen-bond donors (Lipinski definition) is 1. The zero-order valence-corrected chi connectivity index (χ0v) is 18.0. The minimum Gasteiger partial charge on any atom is -0.465 e. The Morgan fingerprint density at radius 2 is 1.83 bits per heavy atom. The van der Waals surface area contributed by atoms with E-state index in [1.54, 1.807) is 0 Å². The van der Waals surface area contributed by atoms with E-state index in [2.05, 4.69) is 12.1 Å². The van der Waals surface area contributed by atoms with E-state index in [-0.39, 0.29) is 11.0 Å². The van der Waals surface area contributed by atoms with E-state index >= 15 is 0 Å². The highest BCUT2D eigenvalue weighted by Gasteiger charge is 2.31. The molecule has 0 saturated carbocycles. The molecule has 0 atom stereocenters. The van der Waals surface area contributed by atoms with Crippen molar-refractivity contribution in [2.75, 3.05) is 24.5 Å². The average molecular weight is 429 g/mol. The first-order valence-electron chi connectivity index (χ1n) is 10.8. The van der Waals surface area contributed by atoms with Crippen LogP contribution in [0.4, 0.5) is 10.5 Å². The summed E-state index contributed by atoms with van der Waals surface area (Å²) in [6.07, 6.45) is 8.38. The molecule has 0 radical (unpaired) electrons. The molecule has 30 heavy (non-hydrogen) atoms. The molecule has 0 saturated heterocycles. The Morgan fingerprint density at radius 1 is 1.03 bits per heavy atom. The van der Waals surface area contributed by atoms with Crippen LogP contribution in [0.15, 0.2) is 23.1 Å². The lowest BCUT2D eigenvalue weighted by Gasteiger charge is -2.25. The van der Waals surface area contributed by atoms with Crippen LogP contribution in [0.1, 0.15) is 55.2 Å². The summed E-state index contributed by atoms with van der Waals surface area (Å²) >= 11 is 1.25. The quantitative estimate of drug-likeness (QED) is 0.598. The molecule has 160 valence electrons. The van der Waals surface area contributed by atoms with Crippen LogP contribution in [0.25, 0.3) is 0 Å². The van der Waals surface area contributed by atoms with Crippen molar-refractivity contribution < 1.29 is 19.5 Å². The van der Waals surface area contributed by atoms with Crippen molar-refractivity contribution in [3.05, 3.63) is 39.8 Å². The zero-order chi connectivity index (χ0) is 21.1. The normalized spacial score (nSPS) is 17.3. The third-order valence-corrected chi connectivity index (χ3v) is 7.17. The maximum atomic E-state index is 12.0. The van der Waals surface area contributed by atoms with Gasteiger partial charge in [-0.3, -0.25) is 9.59 Å². The Balaban J connectivity index is 1.22. The van der Waals surface area contributed by atoms with Crippen LogP contribution >= 0.6 is 11.8 Å². The topological polar surface area (TPSA) is 77.9 Å². The molecule has 3 heterocycles. The van der Waals surface area contributed by atoms with E-state index in [1.165, 1.54) is 39.0 Å². The lowest BCUT2D eigenvalue weighted by Crippen LogP contribution is -2.32. The Labute approximate surface area is 181 Å². The first kappa shape index (κ1) is 21.0. The lowest BCUT2D eigenvalue weighted by molar-refractivity contribution is -0.118. The van der Waals surface area contributed by atoms with Crippen LogP contribution in [0.2, 0.25) is 0 Å². The summed E-state index contributed by atoms with van der Waals surface area (Å²) in [5.41, 5.74) is 5.13. The summed E-state index contributed by atoms with van der Waals surface area (Å²) in [5.74, 6) is 0.256. The van der Waals surface area contributed by atoms with Gasteiger partial charge in [0.2, 0.25) is 5.91 Å². The summed E-state index contributed by atoms with van der Waals surface area (Å²) in [6.45, 7) is 1.80. The summed E-state index contributed by atoms with van der Waals surface area (Å²) in [5, 5.41) is 9.58. The van der Waals surface area contributed by atoms with Crippen LogP contribution in [0.5, 0.6) is 0 Å². The summed E-state index contributed by atoms with van der Waals surface area (Å²) in [6, 6.07) is 4.52. The van der Waals surface area contributed by atoms with Gasteiger partial charge in [-0.05, 0) is 60.1 Å². The third kappa shape index (κ3) is 4.72. The van der Waals surface area contributed by atoms with Gasteiger partial charge in [0.15, 0.2) is 5.12 Å². The Morgan fingerprint density at radius 3 is 2.57 bits per heavy atom. The third-order valence-electron chi connectivity index (χ3n) is 6.14. The highest BCUT2D eigenvalue weighted by Crippen LogP contribution is 2.37. The summed E-state index contributed by atoms with van der Waals surface area (Å²) in [4.78, 5) is 39.2. The molecule has 7 heteroatoms. The van der Waals surface area contributed by atoms with E-state index in [0.29, 0.717) is 32.4 Å². The van der Waals surface area contributed by atoms with E-state index < -0.39 is 6.09 Å². The molecule has 1 aromatic rings. The predicted molar refractivity (Wildman–Crippen MR) is 118 cm³/mol. The molecule has 0 aliphatic carbocycles. The molecular weight excluding hydrogens is 400 g/mol. The van der Waals surface area contributed by atoms with E-state index in [9.17, 15) is 19.5 Å². The molecule has 3 aliphatic rings. The van der Waals surface area contributed by atoms with Crippen molar-refractivity contribution in [2.24, 2.45) is 0 Å². The monoisotopic (exact) mass is 428 g/mol. The standard InChI is InChI=1S/C23H28N2O4S/c26-20-7-5-17-14-16(15-18-9-13-25(20)22(17)18)4-2-1-3-11-24(23(28)29)12-10-19-6-8-21(27)30-19/h6,14-15H,1-5,7-13H2,(H,28,29). The molecule has 1 N–H and O–H groups in total. The molecule has 4 rings (SSSR count). The van der Waals surface area contributed by atoms with Gasteiger partial charge in [0.25, 0.3) is 0 Å². The number of nitrogens with zero attached hydrogens (tertiary/aromatic N) is 2. The van der Waals surface area contributed by atoms with Crippen LogP contribution in [-0.2, 0) is 28.9 Å². The Kier molecular flexibility index (Phi) is 6.46. The van der Waals surface area contributed by atoms with Gasteiger partial charge in [0, 0.05) is 32.5 Å². The molecule has 0 unspecified atom stereocenters. The predicted octanol–water partition coefficient (Wildman–Crippen LogP) is 4.15. The number of aryl methyl sites for hydroxylation is 2. The molecular formula is C23H28N2O4S. The second-order valence-corrected chi connectivity index (χ2v) is 9.42. The van der Waals surface area contributed by atoms with E-state index in [1.807, 2.05) is 11.0 Å². The highest BCUT2D eigenvalue weighted by atomic mass is 32.2. The minimum atomic E-state index is -0.887. The van der Waals surface area contributed by atoms with Crippen LogP contribution < -0.4 is 4.90 Å². The van der Waals surface area contributed by atoms with Crippen molar-refractivity contribution in [3.8, 4) is 0 Å². The van der Waals surface area contributed by atoms with Crippen LogP contribution in [-0.4, -0.2) is 46.8 Å². The Hall–Kier alpha value is -2.28. The summed E-state index contributed by atoms with van der Waals surface area (Å²) in [7, 11) is 0. The number of rotatable bonds is 9. The second-order valence-electron chi connectivity index (χ2n) is 8.24. The fourth-order valence-electron chi connectivity index (χ4n) is 4.61. The fraction of sp³-hybridized carbons (Fsp3) is 0.522. The van der Waals surface area contributed by atoms with Crippen LogP contribution in [0, 0.1) is 0 Å². The van der Waals surface area contributed by atoms with Crippen molar-refractivity contribution in [1.29, 1.82) is 0 Å². The number of amides is 2. The smallest absolute Gasteiger partial charge is 0.407 e. The van der Waals surface area contributed by atoms with Gasteiger partial charge < -0.3 is 14.9 Å². The highest BCUT2D eigenvalue weighted by molar-refractivity contribution is 8.17. The SMILES string of the molecule is O=C1CC=C(CCN(CCCCCc2cc3c4c(c2)CCN4C(=O)CC3)C(=O)O)S1. The fourth-order valence-corrected chi connectivity index (χ4v) is 5.43. The van der Waals surface area contributed by atoms with Crippen molar-refractivity contribution in [3.63, 3.8) is 0 Å². The maximum absolute atomic E-state index is 12.0. The first-order chi connectivity index (χ1) is 14.5. The molecule has 0 fully saturated rings. The average Bonchev–Trinajstić information content (AvgIpc) is 3.33. The maximum Gasteiger partial charge on any atom is 0.407 e. The van der Waals surface area contributed by atoms with Gasteiger partial charge in [0.1, 0.15) is 0 Å². The van der Waals surface area contributed by atoms with Crippen molar-refractivity contribution >= 4 is 34.6 Å². The van der Waals surface area contributed by atoms with Gasteiger partial charge in [-0.25, -0.2) is 4.79 Å².